The lowest BCUT2D eigenvalue weighted by Gasteiger charge is -2.27. The summed E-state index contributed by atoms with van der Waals surface area (Å²) in [6, 6.07) is 9.25. The first-order valence-electron chi connectivity index (χ1n) is 9.06. The van der Waals surface area contributed by atoms with Crippen molar-refractivity contribution in [2.24, 2.45) is 4.99 Å². The smallest absolute Gasteiger partial charge is 0.191 e. The van der Waals surface area contributed by atoms with Gasteiger partial charge in [-0.2, -0.15) is 0 Å². The van der Waals surface area contributed by atoms with E-state index >= 15 is 0 Å². The third-order valence-electron chi connectivity index (χ3n) is 4.41. The van der Waals surface area contributed by atoms with E-state index in [0.29, 0.717) is 12.6 Å². The number of benzene rings is 1. The Morgan fingerprint density at radius 1 is 1.20 bits per heavy atom. The van der Waals surface area contributed by atoms with Crippen LogP contribution in [0.1, 0.15) is 36.9 Å². The predicted molar refractivity (Wildman–Crippen MR) is 116 cm³/mol. The van der Waals surface area contributed by atoms with Gasteiger partial charge in [-0.05, 0) is 45.3 Å². The number of hydrogen-bond acceptors (Lipinski definition) is 3. The van der Waals surface area contributed by atoms with Gasteiger partial charge in [0.25, 0.3) is 0 Å². The molecule has 6 heteroatoms. The number of nitrogens with one attached hydrogen (secondary N) is 2. The highest BCUT2D eigenvalue weighted by Gasteiger charge is 2.23. The Morgan fingerprint density at radius 3 is 2.48 bits per heavy atom. The van der Waals surface area contributed by atoms with E-state index in [2.05, 4.69) is 53.6 Å². The average molecular weight is 460 g/mol. The van der Waals surface area contributed by atoms with Gasteiger partial charge in [-0.15, -0.1) is 24.0 Å². The highest BCUT2D eigenvalue weighted by atomic mass is 127. The van der Waals surface area contributed by atoms with Crippen LogP contribution >= 0.6 is 24.0 Å². The minimum atomic E-state index is 0. The standard InChI is InChI=1S/C19H32N4O.HI/c1-4-20-19(21-11-14-24-3)22-15-18(23-12-5-6-13-23)17-9-7-16(2)8-10-17;/h7-10,18H,4-6,11-15H2,1-3H3,(H2,20,21,22);1H. The van der Waals surface area contributed by atoms with Gasteiger partial charge < -0.3 is 15.4 Å². The van der Waals surface area contributed by atoms with E-state index in [-0.39, 0.29) is 24.0 Å². The first-order chi connectivity index (χ1) is 11.7. The van der Waals surface area contributed by atoms with Crippen LogP contribution in [0, 0.1) is 6.92 Å². The van der Waals surface area contributed by atoms with Crippen LogP contribution in [0.4, 0.5) is 0 Å². The second kappa shape index (κ2) is 12.5. The number of aryl methyl sites for hydroxylation is 1. The molecule has 2 rings (SSSR count). The molecule has 2 N–H and O–H groups in total. The van der Waals surface area contributed by atoms with Crippen LogP contribution in [0.2, 0.25) is 0 Å². The molecule has 0 aromatic heterocycles. The third kappa shape index (κ3) is 7.50. The molecule has 1 aliphatic heterocycles. The van der Waals surface area contributed by atoms with Gasteiger partial charge in [0.1, 0.15) is 0 Å². The van der Waals surface area contributed by atoms with Gasteiger partial charge in [0, 0.05) is 20.2 Å². The maximum atomic E-state index is 5.10. The van der Waals surface area contributed by atoms with Gasteiger partial charge >= 0.3 is 0 Å². The minimum absolute atomic E-state index is 0. The summed E-state index contributed by atoms with van der Waals surface area (Å²) in [6.07, 6.45) is 2.58. The number of aliphatic imine (C=N–C) groups is 1. The summed E-state index contributed by atoms with van der Waals surface area (Å²) in [5.74, 6) is 0.867. The number of ether oxygens (including phenoxy) is 1. The average Bonchev–Trinajstić information content (AvgIpc) is 3.11. The van der Waals surface area contributed by atoms with Crippen molar-refractivity contribution >= 4 is 29.9 Å². The van der Waals surface area contributed by atoms with E-state index < -0.39 is 0 Å². The lowest BCUT2D eigenvalue weighted by molar-refractivity contribution is 0.203. The lowest BCUT2D eigenvalue weighted by atomic mass is 10.0. The maximum Gasteiger partial charge on any atom is 0.191 e. The van der Waals surface area contributed by atoms with Gasteiger partial charge in [-0.3, -0.25) is 9.89 Å². The molecule has 0 radical (unpaired) electrons. The fourth-order valence-corrected chi connectivity index (χ4v) is 3.06. The number of methoxy groups -OCH3 is 1. The van der Waals surface area contributed by atoms with Gasteiger partial charge in [-0.25, -0.2) is 0 Å². The molecule has 0 bridgehead atoms. The molecule has 1 aromatic rings. The van der Waals surface area contributed by atoms with Crippen LogP contribution in [0.15, 0.2) is 29.3 Å². The van der Waals surface area contributed by atoms with E-state index in [4.69, 9.17) is 9.73 Å². The molecule has 5 nitrogen and oxygen atoms in total. The van der Waals surface area contributed by atoms with Crippen molar-refractivity contribution in [3.05, 3.63) is 35.4 Å². The minimum Gasteiger partial charge on any atom is -0.383 e. The molecule has 1 aromatic carbocycles. The first-order valence-corrected chi connectivity index (χ1v) is 9.06. The largest absolute Gasteiger partial charge is 0.383 e. The van der Waals surface area contributed by atoms with Crippen molar-refractivity contribution in [2.45, 2.75) is 32.7 Å². The Kier molecular flexibility index (Phi) is 11.1. The van der Waals surface area contributed by atoms with Gasteiger partial charge in [0.05, 0.1) is 19.2 Å². The molecule has 1 atom stereocenters. The van der Waals surface area contributed by atoms with Gasteiger partial charge in [-0.1, -0.05) is 29.8 Å². The Morgan fingerprint density at radius 2 is 1.88 bits per heavy atom. The quantitative estimate of drug-likeness (QED) is 0.271. The van der Waals surface area contributed by atoms with Crippen LogP contribution in [-0.2, 0) is 4.74 Å². The monoisotopic (exact) mass is 460 g/mol. The predicted octanol–water partition coefficient (Wildman–Crippen LogP) is 2.95. The SMILES string of the molecule is CCNC(=NCC(c1ccc(C)cc1)N1CCCC1)NCCOC.I. The summed E-state index contributed by atoms with van der Waals surface area (Å²) in [6.45, 7) is 9.63. The van der Waals surface area contributed by atoms with E-state index in [0.717, 1.165) is 25.6 Å². The summed E-state index contributed by atoms with van der Waals surface area (Å²) >= 11 is 0. The molecule has 1 heterocycles. The number of guanidine groups is 1. The zero-order valence-corrected chi connectivity index (χ0v) is 18.1. The number of hydrogen-bond donors (Lipinski definition) is 2. The van der Waals surface area contributed by atoms with Crippen molar-refractivity contribution in [1.82, 2.24) is 15.5 Å². The molecule has 1 aliphatic rings. The fraction of sp³-hybridized carbons (Fsp3) is 0.632. The van der Waals surface area contributed by atoms with Crippen LogP contribution in [0.25, 0.3) is 0 Å². The van der Waals surface area contributed by atoms with Crippen molar-refractivity contribution in [2.75, 3.05) is 46.4 Å². The highest BCUT2D eigenvalue weighted by molar-refractivity contribution is 14.0. The topological polar surface area (TPSA) is 48.9 Å². The number of rotatable bonds is 8. The van der Waals surface area contributed by atoms with Crippen LogP contribution in [0.5, 0.6) is 0 Å². The molecule has 1 fully saturated rings. The number of nitrogens with zero attached hydrogens (tertiary/aromatic N) is 2. The Labute approximate surface area is 169 Å². The van der Waals surface area contributed by atoms with Crippen LogP contribution in [-0.4, -0.2) is 57.3 Å². The molecule has 0 amide bonds. The molecule has 1 saturated heterocycles. The van der Waals surface area contributed by atoms with Gasteiger partial charge in [0.15, 0.2) is 5.96 Å². The number of halogens is 1. The van der Waals surface area contributed by atoms with Crippen molar-refractivity contribution in [3.8, 4) is 0 Å². The molecule has 1 unspecified atom stereocenters. The maximum absolute atomic E-state index is 5.10. The molecule has 0 saturated carbocycles. The van der Waals surface area contributed by atoms with E-state index in [9.17, 15) is 0 Å². The summed E-state index contributed by atoms with van der Waals surface area (Å²) < 4.78 is 5.10. The summed E-state index contributed by atoms with van der Waals surface area (Å²) in [5, 5.41) is 6.64. The Hall–Kier alpha value is -0.860. The molecular weight excluding hydrogens is 427 g/mol. The zero-order chi connectivity index (χ0) is 17.2. The summed E-state index contributed by atoms with van der Waals surface area (Å²) in [4.78, 5) is 7.39. The lowest BCUT2D eigenvalue weighted by Crippen LogP contribution is -2.39. The second-order valence-corrected chi connectivity index (χ2v) is 6.31. The van der Waals surface area contributed by atoms with Crippen LogP contribution < -0.4 is 10.6 Å². The normalized spacial score (nSPS) is 16.4. The number of likely N-dealkylation sites (tertiary alicyclic amines) is 1. The first kappa shape index (κ1) is 22.2. The van der Waals surface area contributed by atoms with E-state index in [1.165, 1.54) is 37.1 Å². The Balaban J connectivity index is 0.00000312. The molecule has 25 heavy (non-hydrogen) atoms. The fourth-order valence-electron chi connectivity index (χ4n) is 3.06. The third-order valence-corrected chi connectivity index (χ3v) is 4.41. The molecular formula is C19H33IN4O. The van der Waals surface area contributed by atoms with Crippen molar-refractivity contribution in [3.63, 3.8) is 0 Å². The highest BCUT2D eigenvalue weighted by Crippen LogP contribution is 2.25. The van der Waals surface area contributed by atoms with Crippen molar-refractivity contribution < 1.29 is 4.74 Å². The van der Waals surface area contributed by atoms with Crippen molar-refractivity contribution in [1.29, 1.82) is 0 Å². The van der Waals surface area contributed by atoms with Crippen LogP contribution in [0.3, 0.4) is 0 Å². The summed E-state index contributed by atoms with van der Waals surface area (Å²) in [7, 11) is 1.71. The molecule has 142 valence electrons. The molecule has 0 spiro atoms. The van der Waals surface area contributed by atoms with Gasteiger partial charge in [0.2, 0.25) is 0 Å². The van der Waals surface area contributed by atoms with E-state index in [1.807, 2.05) is 0 Å². The molecule has 0 aliphatic carbocycles. The Bertz CT molecular complexity index is 501. The second-order valence-electron chi connectivity index (χ2n) is 6.31. The van der Waals surface area contributed by atoms with E-state index in [1.54, 1.807) is 7.11 Å². The summed E-state index contributed by atoms with van der Waals surface area (Å²) in [5.41, 5.74) is 2.66. The zero-order valence-electron chi connectivity index (χ0n) is 15.8.